The minimum Gasteiger partial charge on any atom is -0.496 e. The molecule has 1 N–H and O–H groups in total. The van der Waals surface area contributed by atoms with Crippen molar-refractivity contribution in [2.45, 2.75) is 26.7 Å². The molecule has 0 saturated carbocycles. The summed E-state index contributed by atoms with van der Waals surface area (Å²) in [6.07, 6.45) is 1.60. The number of amides is 1. The van der Waals surface area contributed by atoms with E-state index in [0.717, 1.165) is 35.5 Å². The average molecular weight is 327 g/mol. The summed E-state index contributed by atoms with van der Waals surface area (Å²) in [5.74, 6) is 1.51. The van der Waals surface area contributed by atoms with Gasteiger partial charge in [0.15, 0.2) is 6.61 Å². The van der Waals surface area contributed by atoms with Crippen LogP contribution in [-0.4, -0.2) is 26.2 Å². The summed E-state index contributed by atoms with van der Waals surface area (Å²) in [5, 5.41) is 2.89. The highest BCUT2D eigenvalue weighted by atomic mass is 16.5. The number of benzene rings is 2. The summed E-state index contributed by atoms with van der Waals surface area (Å²) in [5.41, 5.74) is 3.38. The highest BCUT2D eigenvalue weighted by Crippen LogP contribution is 2.20. The maximum Gasteiger partial charge on any atom is 0.257 e. The number of para-hydroxylation sites is 1. The van der Waals surface area contributed by atoms with E-state index in [1.54, 1.807) is 7.11 Å². The predicted molar refractivity (Wildman–Crippen MR) is 95.8 cm³/mol. The van der Waals surface area contributed by atoms with Crippen LogP contribution in [0.2, 0.25) is 0 Å². The molecule has 2 aromatic rings. The van der Waals surface area contributed by atoms with Crippen LogP contribution in [0.5, 0.6) is 11.5 Å². The van der Waals surface area contributed by atoms with Gasteiger partial charge in [-0.05, 0) is 43.0 Å². The lowest BCUT2D eigenvalue weighted by Crippen LogP contribution is -2.30. The van der Waals surface area contributed by atoms with Gasteiger partial charge in [0.1, 0.15) is 11.5 Å². The number of hydrogen-bond acceptors (Lipinski definition) is 3. The quantitative estimate of drug-likeness (QED) is 0.809. The average Bonchev–Trinajstić information content (AvgIpc) is 2.60. The highest BCUT2D eigenvalue weighted by Gasteiger charge is 2.07. The van der Waals surface area contributed by atoms with Gasteiger partial charge >= 0.3 is 0 Å². The fourth-order valence-corrected chi connectivity index (χ4v) is 2.57. The number of rotatable bonds is 8. The zero-order chi connectivity index (χ0) is 17.4. The molecule has 0 saturated heterocycles. The number of ether oxygens (including phenoxy) is 2. The van der Waals surface area contributed by atoms with Crippen LogP contribution in [0.15, 0.2) is 42.5 Å². The fraction of sp³-hybridized carbons (Fsp3) is 0.350. The van der Waals surface area contributed by atoms with Crippen LogP contribution in [-0.2, 0) is 17.6 Å². The molecule has 0 atom stereocenters. The van der Waals surface area contributed by atoms with Gasteiger partial charge in [-0.1, -0.05) is 42.8 Å². The Balaban J connectivity index is 1.80. The van der Waals surface area contributed by atoms with Crippen molar-refractivity contribution in [3.8, 4) is 11.5 Å². The molecule has 0 fully saturated rings. The van der Waals surface area contributed by atoms with Crippen LogP contribution in [0.3, 0.4) is 0 Å². The van der Waals surface area contributed by atoms with Crippen LogP contribution < -0.4 is 14.8 Å². The molecule has 24 heavy (non-hydrogen) atoms. The van der Waals surface area contributed by atoms with Crippen molar-refractivity contribution in [2.75, 3.05) is 20.3 Å². The molecule has 0 aromatic heterocycles. The second kappa shape index (κ2) is 8.96. The Kier molecular flexibility index (Phi) is 6.67. The number of hydrogen-bond donors (Lipinski definition) is 1. The standard InChI is InChI=1S/C20H25NO3/c1-4-16-7-5-6-8-19(16)24-14-20(22)21-12-11-17-13-15(2)9-10-18(17)23-3/h5-10,13H,4,11-12,14H2,1-3H3,(H,21,22). The third-order valence-corrected chi connectivity index (χ3v) is 3.86. The molecule has 0 unspecified atom stereocenters. The molecule has 0 spiro atoms. The van der Waals surface area contributed by atoms with Crippen molar-refractivity contribution >= 4 is 5.91 Å². The molecular formula is C20H25NO3. The van der Waals surface area contributed by atoms with Crippen molar-refractivity contribution in [1.29, 1.82) is 0 Å². The van der Waals surface area contributed by atoms with E-state index in [4.69, 9.17) is 9.47 Å². The molecule has 2 aromatic carbocycles. The van der Waals surface area contributed by atoms with Crippen molar-refractivity contribution in [3.05, 3.63) is 59.2 Å². The smallest absolute Gasteiger partial charge is 0.257 e. The lowest BCUT2D eigenvalue weighted by atomic mass is 10.1. The Labute approximate surface area is 143 Å². The maximum atomic E-state index is 12.0. The first kappa shape index (κ1) is 17.9. The summed E-state index contributed by atoms with van der Waals surface area (Å²) in [6.45, 7) is 4.69. The Morgan fingerprint density at radius 3 is 2.62 bits per heavy atom. The number of carbonyl (C=O) groups excluding carboxylic acids is 1. The number of methoxy groups -OCH3 is 1. The Hall–Kier alpha value is -2.49. The largest absolute Gasteiger partial charge is 0.496 e. The van der Waals surface area contributed by atoms with Gasteiger partial charge in [0.05, 0.1) is 7.11 Å². The number of nitrogens with one attached hydrogen (secondary N) is 1. The third kappa shape index (κ3) is 5.01. The molecule has 0 aliphatic rings. The van der Waals surface area contributed by atoms with E-state index in [-0.39, 0.29) is 12.5 Å². The minimum atomic E-state index is -0.118. The summed E-state index contributed by atoms with van der Waals surface area (Å²) in [4.78, 5) is 12.0. The molecule has 0 bridgehead atoms. The van der Waals surface area contributed by atoms with Gasteiger partial charge in [-0.2, -0.15) is 0 Å². The molecule has 0 aliphatic heterocycles. The molecule has 4 heteroatoms. The molecule has 4 nitrogen and oxygen atoms in total. The van der Waals surface area contributed by atoms with Crippen molar-refractivity contribution in [1.82, 2.24) is 5.32 Å². The van der Waals surface area contributed by atoms with Crippen LogP contribution in [0.1, 0.15) is 23.6 Å². The molecule has 128 valence electrons. The van der Waals surface area contributed by atoms with E-state index in [0.29, 0.717) is 6.54 Å². The van der Waals surface area contributed by atoms with Gasteiger partial charge in [0, 0.05) is 6.54 Å². The van der Waals surface area contributed by atoms with E-state index in [9.17, 15) is 4.79 Å². The lowest BCUT2D eigenvalue weighted by Gasteiger charge is -2.12. The van der Waals surface area contributed by atoms with E-state index in [1.807, 2.05) is 43.3 Å². The second-order valence-electron chi connectivity index (χ2n) is 5.67. The van der Waals surface area contributed by atoms with Crippen molar-refractivity contribution in [2.24, 2.45) is 0 Å². The van der Waals surface area contributed by atoms with Crippen LogP contribution in [0.25, 0.3) is 0 Å². The monoisotopic (exact) mass is 327 g/mol. The van der Waals surface area contributed by atoms with E-state index >= 15 is 0 Å². The normalized spacial score (nSPS) is 10.3. The molecule has 2 rings (SSSR count). The Morgan fingerprint density at radius 2 is 1.88 bits per heavy atom. The van der Waals surface area contributed by atoms with Crippen LogP contribution >= 0.6 is 0 Å². The van der Waals surface area contributed by atoms with Gasteiger partial charge < -0.3 is 14.8 Å². The minimum absolute atomic E-state index is 0.0297. The van der Waals surface area contributed by atoms with Crippen molar-refractivity contribution in [3.63, 3.8) is 0 Å². The molecular weight excluding hydrogens is 302 g/mol. The van der Waals surface area contributed by atoms with E-state index < -0.39 is 0 Å². The molecule has 1 amide bonds. The first-order valence-corrected chi connectivity index (χ1v) is 8.25. The van der Waals surface area contributed by atoms with Gasteiger partial charge in [-0.3, -0.25) is 4.79 Å². The molecule has 0 aliphatic carbocycles. The lowest BCUT2D eigenvalue weighted by molar-refractivity contribution is -0.123. The predicted octanol–water partition coefficient (Wildman–Crippen LogP) is 3.30. The van der Waals surface area contributed by atoms with Crippen LogP contribution in [0, 0.1) is 6.92 Å². The zero-order valence-corrected chi connectivity index (χ0v) is 14.6. The van der Waals surface area contributed by atoms with E-state index in [1.165, 1.54) is 5.56 Å². The van der Waals surface area contributed by atoms with Gasteiger partial charge in [0.25, 0.3) is 5.91 Å². The maximum absolute atomic E-state index is 12.0. The Morgan fingerprint density at radius 1 is 1.08 bits per heavy atom. The van der Waals surface area contributed by atoms with Gasteiger partial charge in [-0.25, -0.2) is 0 Å². The Bertz CT molecular complexity index is 682. The topological polar surface area (TPSA) is 47.6 Å². The second-order valence-corrected chi connectivity index (χ2v) is 5.67. The first-order chi connectivity index (χ1) is 11.6. The summed E-state index contributed by atoms with van der Waals surface area (Å²) >= 11 is 0. The van der Waals surface area contributed by atoms with Crippen molar-refractivity contribution < 1.29 is 14.3 Å². The SMILES string of the molecule is CCc1ccccc1OCC(=O)NCCc1cc(C)ccc1OC. The first-order valence-electron chi connectivity index (χ1n) is 8.25. The third-order valence-electron chi connectivity index (χ3n) is 3.86. The summed E-state index contributed by atoms with van der Waals surface area (Å²) < 4.78 is 11.0. The van der Waals surface area contributed by atoms with E-state index in [2.05, 4.69) is 18.3 Å². The number of aryl methyl sites for hydroxylation is 2. The van der Waals surface area contributed by atoms with Crippen LogP contribution in [0.4, 0.5) is 0 Å². The summed E-state index contributed by atoms with van der Waals surface area (Å²) in [7, 11) is 1.66. The number of carbonyl (C=O) groups is 1. The van der Waals surface area contributed by atoms with Gasteiger partial charge in [-0.15, -0.1) is 0 Å². The molecule has 0 heterocycles. The molecule has 0 radical (unpaired) electrons. The van der Waals surface area contributed by atoms with Gasteiger partial charge in [0.2, 0.25) is 0 Å². The summed E-state index contributed by atoms with van der Waals surface area (Å²) in [6, 6.07) is 13.8. The fourth-order valence-electron chi connectivity index (χ4n) is 2.57. The highest BCUT2D eigenvalue weighted by molar-refractivity contribution is 5.77. The zero-order valence-electron chi connectivity index (χ0n) is 14.6.